The number of aliphatic hydroxyl groups is 1. The Kier molecular flexibility index (Phi) is 9.10. The minimum Gasteiger partial charge on any atom is -0.376 e. The van der Waals surface area contributed by atoms with E-state index in [1.54, 1.807) is 0 Å². The maximum Gasteiger partial charge on any atom is 0.141 e. The van der Waals surface area contributed by atoms with E-state index in [4.69, 9.17) is 0 Å². The summed E-state index contributed by atoms with van der Waals surface area (Å²) in [6.45, 7) is 0. The van der Waals surface area contributed by atoms with Gasteiger partial charge in [0.05, 0.1) is 0 Å². The summed E-state index contributed by atoms with van der Waals surface area (Å²) in [4.78, 5) is 0. The van der Waals surface area contributed by atoms with Crippen LogP contribution in [0.2, 0.25) is 0 Å². The molecule has 0 amide bonds. The first-order valence-electron chi connectivity index (χ1n) is 10.0. The van der Waals surface area contributed by atoms with Gasteiger partial charge < -0.3 is 5.11 Å². The molecule has 0 unspecified atom stereocenters. The molecule has 1 nitrogen and oxygen atoms in total. The van der Waals surface area contributed by atoms with Crippen molar-refractivity contribution in [3.63, 3.8) is 0 Å². The Morgan fingerprint density at radius 2 is 1.22 bits per heavy atom. The van der Waals surface area contributed by atoms with Crippen LogP contribution in [-0.2, 0) is 27.3 Å². The average molecular weight is 495 g/mol. The molecule has 160 valence electrons. The molecular formula is C28H24Cl2OTi. The third-order valence-corrected chi connectivity index (χ3v) is 5.79. The van der Waals surface area contributed by atoms with Gasteiger partial charge in [-0.1, -0.05) is 115 Å². The fourth-order valence-electron chi connectivity index (χ4n) is 4.39. The van der Waals surface area contributed by atoms with Gasteiger partial charge in [-0.05, 0) is 39.5 Å². The van der Waals surface area contributed by atoms with Crippen molar-refractivity contribution in [2.24, 2.45) is 0 Å². The normalized spacial score (nSPS) is 12.3. The molecule has 0 bridgehead atoms. The van der Waals surface area contributed by atoms with Gasteiger partial charge >= 0.3 is 0 Å². The van der Waals surface area contributed by atoms with E-state index in [9.17, 15) is 5.11 Å². The zero-order valence-electron chi connectivity index (χ0n) is 17.4. The van der Waals surface area contributed by atoms with Crippen molar-refractivity contribution in [3.05, 3.63) is 138 Å². The van der Waals surface area contributed by atoms with Crippen molar-refractivity contribution in [2.45, 2.75) is 12.0 Å². The molecule has 0 spiro atoms. The summed E-state index contributed by atoms with van der Waals surface area (Å²) in [5.74, 6) is 0. The predicted octanol–water partition coefficient (Wildman–Crippen LogP) is 7.31. The van der Waals surface area contributed by atoms with E-state index < -0.39 is 5.60 Å². The summed E-state index contributed by atoms with van der Waals surface area (Å²) in [6, 6.07) is 32.6. The van der Waals surface area contributed by atoms with Gasteiger partial charge in [-0.3, -0.25) is 0 Å². The molecule has 0 radical (unpaired) electrons. The summed E-state index contributed by atoms with van der Waals surface area (Å²) in [6.07, 6.45) is 7.30. The summed E-state index contributed by atoms with van der Waals surface area (Å²) in [5, 5.41) is 14.7. The second kappa shape index (κ2) is 11.1. The van der Waals surface area contributed by atoms with Crippen LogP contribution in [0.25, 0.3) is 16.3 Å². The number of hydrogen-bond acceptors (Lipinski definition) is 1. The fourth-order valence-corrected chi connectivity index (χ4v) is 4.39. The quantitative estimate of drug-likeness (QED) is 0.233. The Balaban J connectivity index is 0.00000121. The molecule has 32 heavy (non-hydrogen) atoms. The van der Waals surface area contributed by atoms with Gasteiger partial charge in [0.1, 0.15) is 5.60 Å². The van der Waals surface area contributed by atoms with E-state index in [-0.39, 0.29) is 46.5 Å². The van der Waals surface area contributed by atoms with Crippen LogP contribution in [0.5, 0.6) is 0 Å². The van der Waals surface area contributed by atoms with Crippen LogP contribution in [0.3, 0.4) is 0 Å². The average Bonchev–Trinajstić information content (AvgIpc) is 3.34. The Hall–Kier alpha value is -2.13. The van der Waals surface area contributed by atoms with Gasteiger partial charge in [0.25, 0.3) is 0 Å². The minimum atomic E-state index is -1.26. The Morgan fingerprint density at radius 3 is 1.78 bits per heavy atom. The van der Waals surface area contributed by atoms with E-state index in [1.807, 2.05) is 72.8 Å². The van der Waals surface area contributed by atoms with Crippen molar-refractivity contribution in [2.75, 3.05) is 0 Å². The number of halogens is 2. The summed E-state index contributed by atoms with van der Waals surface area (Å²) in [5.41, 5.74) is 3.76. The number of rotatable bonds is 4. The van der Waals surface area contributed by atoms with Crippen LogP contribution in [0.4, 0.5) is 0 Å². The minimum absolute atomic E-state index is 0. The molecule has 0 saturated carbocycles. The van der Waals surface area contributed by atoms with Crippen LogP contribution < -0.4 is 0 Å². The van der Waals surface area contributed by atoms with Crippen molar-refractivity contribution < 1.29 is 26.8 Å². The van der Waals surface area contributed by atoms with E-state index in [1.165, 1.54) is 5.57 Å². The topological polar surface area (TPSA) is 20.2 Å². The number of allylic oxidation sites excluding steroid dienone is 4. The van der Waals surface area contributed by atoms with Crippen LogP contribution in [0.15, 0.2) is 115 Å². The molecule has 0 aliphatic heterocycles. The van der Waals surface area contributed by atoms with Crippen molar-refractivity contribution in [1.29, 1.82) is 0 Å². The van der Waals surface area contributed by atoms with Gasteiger partial charge in [0, 0.05) is 27.3 Å². The van der Waals surface area contributed by atoms with Crippen molar-refractivity contribution in [1.82, 2.24) is 0 Å². The van der Waals surface area contributed by atoms with Crippen LogP contribution in [0.1, 0.15) is 28.7 Å². The third kappa shape index (κ3) is 4.50. The molecule has 4 aromatic carbocycles. The molecule has 1 aliphatic carbocycles. The molecule has 1 aliphatic rings. The standard InChI is InChI=1S/C28H22O.2ClH.Ti/c29-28(23-14-3-1-4-15-23,24-16-5-2-6-17-24)27-25-18-10-9-13-22(25)19-20-26(27)21-11-7-8-12-21;;;/h1-11,13-20,29H,12H2;2*1H;. The van der Waals surface area contributed by atoms with E-state index in [2.05, 4.69) is 42.5 Å². The van der Waals surface area contributed by atoms with E-state index in [0.717, 1.165) is 39.4 Å². The Labute approximate surface area is 216 Å². The molecule has 5 rings (SSSR count). The Morgan fingerprint density at radius 1 is 0.656 bits per heavy atom. The molecular weight excluding hydrogens is 471 g/mol. The van der Waals surface area contributed by atoms with Gasteiger partial charge in [0.15, 0.2) is 0 Å². The van der Waals surface area contributed by atoms with Crippen molar-refractivity contribution in [3.8, 4) is 0 Å². The molecule has 0 atom stereocenters. The zero-order chi connectivity index (χ0) is 19.7. The van der Waals surface area contributed by atoms with Gasteiger partial charge in [-0.25, -0.2) is 0 Å². The molecule has 4 heteroatoms. The number of hydrogen-bond donors (Lipinski definition) is 1. The maximum absolute atomic E-state index is 12.5. The molecule has 0 saturated heterocycles. The van der Waals surface area contributed by atoms with Crippen LogP contribution in [0, 0.1) is 0 Å². The number of benzene rings is 4. The van der Waals surface area contributed by atoms with Crippen LogP contribution >= 0.6 is 24.8 Å². The molecule has 0 aromatic heterocycles. The monoisotopic (exact) mass is 494 g/mol. The van der Waals surface area contributed by atoms with Crippen LogP contribution in [-0.4, -0.2) is 5.11 Å². The predicted molar refractivity (Wildman–Crippen MR) is 135 cm³/mol. The summed E-state index contributed by atoms with van der Waals surface area (Å²) < 4.78 is 0. The van der Waals surface area contributed by atoms with Gasteiger partial charge in [-0.15, -0.1) is 24.8 Å². The first-order chi connectivity index (χ1) is 14.3. The smallest absolute Gasteiger partial charge is 0.141 e. The fraction of sp³-hybridized carbons (Fsp3) is 0.0714. The first kappa shape index (κ1) is 26.1. The van der Waals surface area contributed by atoms with E-state index in [0.29, 0.717) is 0 Å². The maximum atomic E-state index is 12.5. The SMILES string of the molecule is Cl.Cl.OC(c1ccccc1)(c1ccccc1)c1c(C2=CC=CC2)ccc2ccccc12.[Ti]. The Bertz CT molecular complexity index is 1190. The second-order valence-electron chi connectivity index (χ2n) is 7.48. The van der Waals surface area contributed by atoms with Gasteiger partial charge in [-0.2, -0.15) is 0 Å². The molecule has 0 fully saturated rings. The first-order valence-corrected chi connectivity index (χ1v) is 10.0. The molecule has 4 aromatic rings. The second-order valence-corrected chi connectivity index (χ2v) is 7.48. The van der Waals surface area contributed by atoms with E-state index >= 15 is 0 Å². The van der Waals surface area contributed by atoms with Gasteiger partial charge in [0.2, 0.25) is 0 Å². The summed E-state index contributed by atoms with van der Waals surface area (Å²) >= 11 is 0. The molecule has 0 heterocycles. The summed E-state index contributed by atoms with van der Waals surface area (Å²) in [7, 11) is 0. The largest absolute Gasteiger partial charge is 0.376 e. The van der Waals surface area contributed by atoms with Crippen molar-refractivity contribution >= 4 is 41.2 Å². The number of fused-ring (bicyclic) bond motifs is 1. The third-order valence-electron chi connectivity index (χ3n) is 5.79. The molecule has 1 N–H and O–H groups in total. The zero-order valence-corrected chi connectivity index (χ0v) is 20.6.